The third-order valence-corrected chi connectivity index (χ3v) is 11.6. The van der Waals surface area contributed by atoms with E-state index in [0.29, 0.717) is 10.8 Å². The lowest BCUT2D eigenvalue weighted by Gasteiger charge is -2.56. The fraction of sp³-hybridized carbons (Fsp3) is 0.371. The predicted octanol–water partition coefficient (Wildman–Crippen LogP) is 6.42. The van der Waals surface area contributed by atoms with E-state index in [4.69, 9.17) is 4.74 Å². The Morgan fingerprint density at radius 3 is 2.56 bits per heavy atom. The number of nitrogens with zero attached hydrogens (tertiary/aromatic N) is 1. The number of phenolic OH excluding ortho intramolecular Hbond substituents is 1. The number of thioether (sulfide) groups is 1. The number of rotatable bonds is 8. The lowest BCUT2D eigenvalue weighted by molar-refractivity contribution is -0.169. The SMILES string of the molecule is C[C@]12C[C@@]34C=C(Sc5ccc(-c6cccnc6)cc5)C(=O)[C@@](C)(CCC(=O)Nc5c(O)ccc(C(=O)O)c5O)[C@@H]3[C@H](C[C@@H]1C4)O2. The van der Waals surface area contributed by atoms with E-state index in [0.717, 1.165) is 47.4 Å². The van der Waals surface area contributed by atoms with Gasteiger partial charge in [-0.2, -0.15) is 0 Å². The van der Waals surface area contributed by atoms with Crippen molar-refractivity contribution in [2.45, 2.75) is 62.6 Å². The van der Waals surface area contributed by atoms with Gasteiger partial charge in [-0.1, -0.05) is 43.0 Å². The summed E-state index contributed by atoms with van der Waals surface area (Å²) in [5, 5.41) is 32.5. The first-order valence-electron chi connectivity index (χ1n) is 15.1. The van der Waals surface area contributed by atoms with Gasteiger partial charge in [0.2, 0.25) is 5.91 Å². The normalized spacial score (nSPS) is 31.0. The molecule has 3 aliphatic carbocycles. The third kappa shape index (κ3) is 4.73. The summed E-state index contributed by atoms with van der Waals surface area (Å²) in [7, 11) is 0. The molecule has 2 aromatic carbocycles. The molecule has 2 aliphatic heterocycles. The summed E-state index contributed by atoms with van der Waals surface area (Å²) < 4.78 is 6.61. The van der Waals surface area contributed by atoms with Gasteiger partial charge >= 0.3 is 5.97 Å². The van der Waals surface area contributed by atoms with Crippen LogP contribution in [0.1, 0.15) is 56.3 Å². The maximum absolute atomic E-state index is 14.5. The second kappa shape index (κ2) is 10.5. The second-order valence-corrected chi connectivity index (χ2v) is 14.4. The number of aromatic hydroxyl groups is 2. The lowest BCUT2D eigenvalue weighted by atomic mass is 9.51. The second-order valence-electron chi connectivity index (χ2n) is 13.3. The van der Waals surface area contributed by atoms with E-state index < -0.39 is 34.4 Å². The van der Waals surface area contributed by atoms with E-state index in [1.807, 2.05) is 49.5 Å². The summed E-state index contributed by atoms with van der Waals surface area (Å²) in [5.41, 5.74) is -0.102. The van der Waals surface area contributed by atoms with Crippen LogP contribution in [0.3, 0.4) is 0 Å². The molecule has 45 heavy (non-hydrogen) atoms. The van der Waals surface area contributed by atoms with Crippen LogP contribution in [0.25, 0.3) is 11.1 Å². The van der Waals surface area contributed by atoms with Gasteiger partial charge in [-0.3, -0.25) is 14.6 Å². The first-order valence-corrected chi connectivity index (χ1v) is 16.0. The molecule has 5 aliphatic rings. The van der Waals surface area contributed by atoms with Gasteiger partial charge in [0.05, 0.1) is 16.6 Å². The molecular weight excluding hydrogens is 592 g/mol. The average Bonchev–Trinajstić information content (AvgIpc) is 3.38. The Labute approximate surface area is 264 Å². The number of ether oxygens (including phenoxy) is 1. The molecule has 2 saturated heterocycles. The van der Waals surface area contributed by atoms with Gasteiger partial charge in [0.1, 0.15) is 17.0 Å². The molecule has 10 heteroatoms. The van der Waals surface area contributed by atoms with Crippen LogP contribution < -0.4 is 5.32 Å². The number of carboxylic acids is 1. The summed E-state index contributed by atoms with van der Waals surface area (Å²) in [4.78, 5) is 45.0. The summed E-state index contributed by atoms with van der Waals surface area (Å²) in [6.07, 6.45) is 8.50. The Kier molecular flexibility index (Phi) is 6.87. The van der Waals surface area contributed by atoms with Gasteiger partial charge in [-0.25, -0.2) is 4.79 Å². The Hall–Kier alpha value is -4.15. The number of anilines is 1. The molecular formula is C35H34N2O7S. The van der Waals surface area contributed by atoms with Crippen molar-refractivity contribution >= 4 is 35.1 Å². The number of phenols is 2. The van der Waals surface area contributed by atoms with Gasteiger partial charge in [0, 0.05) is 35.0 Å². The van der Waals surface area contributed by atoms with Crippen molar-refractivity contribution < 1.29 is 34.4 Å². The zero-order chi connectivity index (χ0) is 31.7. The Morgan fingerprint density at radius 2 is 1.87 bits per heavy atom. The van der Waals surface area contributed by atoms with Gasteiger partial charge in [-0.15, -0.1) is 0 Å². The minimum Gasteiger partial charge on any atom is -0.506 e. The molecule has 1 amide bonds. The van der Waals surface area contributed by atoms with Crippen LogP contribution in [0.4, 0.5) is 5.69 Å². The van der Waals surface area contributed by atoms with Gasteiger partial charge < -0.3 is 25.4 Å². The first-order chi connectivity index (χ1) is 21.4. The number of Topliss-reactive ketones (excluding diaryl/α,β-unsaturated/α-hetero) is 1. The topological polar surface area (TPSA) is 146 Å². The monoisotopic (exact) mass is 626 g/mol. The molecule has 232 valence electrons. The minimum atomic E-state index is -1.39. The maximum Gasteiger partial charge on any atom is 0.339 e. The number of allylic oxidation sites excluding steroid dienone is 2. The van der Waals surface area contributed by atoms with Crippen molar-refractivity contribution in [1.82, 2.24) is 4.98 Å². The number of hydrogen-bond acceptors (Lipinski definition) is 8. The number of carbonyl (C=O) groups excluding carboxylic acids is 2. The van der Waals surface area contributed by atoms with Gasteiger partial charge in [-0.05, 0) is 85.4 Å². The van der Waals surface area contributed by atoms with E-state index in [-0.39, 0.29) is 47.4 Å². The number of ketones is 1. The van der Waals surface area contributed by atoms with E-state index in [1.165, 1.54) is 11.8 Å². The van der Waals surface area contributed by atoms with Crippen LogP contribution in [-0.4, -0.2) is 49.7 Å². The summed E-state index contributed by atoms with van der Waals surface area (Å²) in [6, 6.07) is 14.1. The highest BCUT2D eigenvalue weighted by Gasteiger charge is 2.72. The van der Waals surface area contributed by atoms with Crippen LogP contribution in [0.5, 0.6) is 11.5 Å². The molecule has 2 saturated carbocycles. The smallest absolute Gasteiger partial charge is 0.339 e. The van der Waals surface area contributed by atoms with Crippen molar-refractivity contribution in [2.24, 2.45) is 22.7 Å². The number of amides is 1. The quantitative estimate of drug-likeness (QED) is 0.208. The number of hydrogen-bond donors (Lipinski definition) is 4. The van der Waals surface area contributed by atoms with Crippen molar-refractivity contribution in [3.05, 3.63) is 77.5 Å². The van der Waals surface area contributed by atoms with Crippen LogP contribution in [-0.2, 0) is 14.3 Å². The van der Waals surface area contributed by atoms with Crippen molar-refractivity contribution in [3.8, 4) is 22.6 Å². The van der Waals surface area contributed by atoms with Crippen molar-refractivity contribution in [3.63, 3.8) is 0 Å². The standard InChI is InChI=1S/C35H34N2O7S/c1-33(12-11-27(39)37-28-24(38)10-9-23(29(28)40)32(42)43)30-25-14-21-15-35(30,18-34(21,2)44-25)16-26(31(33)41)45-22-7-5-19(6-8-22)20-4-3-13-36-17-20/h3-10,13,16-17,21,25,30,38,40H,11-12,14-15,18H2,1-2H3,(H,37,39)(H,42,43)/t21-,25+,30+,33+,34+,35-/m1/s1. The maximum atomic E-state index is 14.5. The van der Waals surface area contributed by atoms with Crippen molar-refractivity contribution in [1.29, 1.82) is 0 Å². The predicted molar refractivity (Wildman–Crippen MR) is 168 cm³/mol. The Bertz CT molecular complexity index is 1760. The third-order valence-electron chi connectivity index (χ3n) is 10.5. The molecule has 3 heterocycles. The Morgan fingerprint density at radius 1 is 1.09 bits per heavy atom. The largest absolute Gasteiger partial charge is 0.506 e. The highest BCUT2D eigenvalue weighted by Crippen LogP contribution is 2.72. The van der Waals surface area contributed by atoms with Gasteiger partial charge in [0.25, 0.3) is 0 Å². The zero-order valence-corrected chi connectivity index (χ0v) is 25.8. The summed E-state index contributed by atoms with van der Waals surface area (Å²) in [6.45, 7) is 4.14. The molecule has 9 nitrogen and oxygen atoms in total. The molecule has 4 bridgehead atoms. The van der Waals surface area contributed by atoms with E-state index in [9.17, 15) is 29.7 Å². The molecule has 4 N–H and O–H groups in total. The lowest BCUT2D eigenvalue weighted by Crippen LogP contribution is -2.57. The van der Waals surface area contributed by atoms with Gasteiger partial charge in [0.15, 0.2) is 11.5 Å². The number of aromatic nitrogens is 1. The van der Waals surface area contributed by atoms with Crippen LogP contribution in [0, 0.1) is 22.7 Å². The van der Waals surface area contributed by atoms with E-state index >= 15 is 0 Å². The summed E-state index contributed by atoms with van der Waals surface area (Å²) >= 11 is 1.46. The van der Waals surface area contributed by atoms with Crippen LogP contribution in [0.2, 0.25) is 0 Å². The fourth-order valence-corrected chi connectivity index (χ4v) is 9.81. The molecule has 0 unspecified atom stereocenters. The number of pyridine rings is 1. The highest BCUT2D eigenvalue weighted by atomic mass is 32.2. The summed E-state index contributed by atoms with van der Waals surface area (Å²) in [5.74, 6) is -2.80. The number of nitrogens with one attached hydrogen (secondary N) is 1. The van der Waals surface area contributed by atoms with Crippen LogP contribution in [0.15, 0.2) is 76.8 Å². The Balaban J connectivity index is 1.17. The molecule has 3 aromatic rings. The number of benzene rings is 2. The molecule has 4 fully saturated rings. The number of aromatic carboxylic acids is 1. The molecule has 1 spiro atoms. The van der Waals surface area contributed by atoms with E-state index in [2.05, 4.69) is 23.3 Å². The molecule has 0 radical (unpaired) electrons. The zero-order valence-electron chi connectivity index (χ0n) is 24.9. The molecule has 6 atom stereocenters. The van der Waals surface area contributed by atoms with E-state index in [1.54, 1.807) is 6.20 Å². The van der Waals surface area contributed by atoms with Crippen LogP contribution >= 0.6 is 11.8 Å². The highest BCUT2D eigenvalue weighted by molar-refractivity contribution is 8.04. The number of carbonyl (C=O) groups is 3. The molecule has 1 aromatic heterocycles. The van der Waals surface area contributed by atoms with Crippen molar-refractivity contribution in [2.75, 3.05) is 5.32 Å². The number of carboxylic acid groups (broad SMARTS) is 1. The minimum absolute atomic E-state index is 0.0200. The fourth-order valence-electron chi connectivity index (χ4n) is 8.67. The first kappa shape index (κ1) is 29.6. The average molecular weight is 627 g/mol. The molecule has 8 rings (SSSR count).